The summed E-state index contributed by atoms with van der Waals surface area (Å²) in [5.74, 6) is -2.86. The lowest BCUT2D eigenvalue weighted by molar-refractivity contribution is -0.122. The van der Waals surface area contributed by atoms with Gasteiger partial charge in [-0.25, -0.2) is 4.39 Å². The fourth-order valence-corrected chi connectivity index (χ4v) is 7.94. The van der Waals surface area contributed by atoms with Crippen LogP contribution in [0.15, 0.2) is 114 Å². The molecule has 50 heavy (non-hydrogen) atoms. The molecule has 7 nitrogen and oxygen atoms in total. The maximum Gasteiger partial charge on any atom is 0.455 e. The molecule has 2 fully saturated rings. The molecule has 2 saturated heterocycles. The van der Waals surface area contributed by atoms with E-state index in [1.807, 2.05) is 78.9 Å². The summed E-state index contributed by atoms with van der Waals surface area (Å²) >= 11 is 0. The smallest absolute Gasteiger partial charge is 0.455 e. The predicted molar refractivity (Wildman–Crippen MR) is 195 cm³/mol. The first-order valence-corrected chi connectivity index (χ1v) is 17.3. The van der Waals surface area contributed by atoms with E-state index in [9.17, 15) is 24.1 Å². The molecule has 0 aromatic heterocycles. The highest BCUT2D eigenvalue weighted by Gasteiger charge is 2.57. The molecule has 4 aromatic rings. The van der Waals surface area contributed by atoms with Gasteiger partial charge in [0.2, 0.25) is 11.8 Å². The number of phenols is 1. The van der Waals surface area contributed by atoms with Crippen LogP contribution < -0.4 is 10.2 Å². The number of fused-ring (bicyclic) bond motifs is 3. The Bertz CT molecular complexity index is 1950. The number of halogens is 1. The second kappa shape index (κ2) is 14.1. The van der Waals surface area contributed by atoms with Crippen molar-refractivity contribution in [2.24, 2.45) is 23.7 Å². The molecule has 4 aromatic carbocycles. The summed E-state index contributed by atoms with van der Waals surface area (Å²) in [7, 11) is -1.09. The van der Waals surface area contributed by atoms with Crippen molar-refractivity contribution in [1.82, 2.24) is 0 Å². The number of amides is 2. The SMILES string of the molecule is CC(C)C1=C2[C@@H](CC/C(=C/c3ccc(O)c(F)c3)c3ccccc3)OB(O)C[C@@H]2[C@@H]2C(=O)N(c3ccc(Nc4ccccc4)cc3)C(=O)[C@@H]2C1. The van der Waals surface area contributed by atoms with Gasteiger partial charge < -0.3 is 20.1 Å². The van der Waals surface area contributed by atoms with E-state index in [-0.39, 0.29) is 30.0 Å². The Morgan fingerprint density at radius 2 is 1.62 bits per heavy atom. The van der Waals surface area contributed by atoms with Crippen molar-refractivity contribution in [2.75, 3.05) is 10.2 Å². The minimum absolute atomic E-state index is 0.110. The van der Waals surface area contributed by atoms with Crippen molar-refractivity contribution < 1.29 is 28.8 Å². The second-order valence-electron chi connectivity index (χ2n) is 13.7. The predicted octanol–water partition coefficient (Wildman–Crippen LogP) is 8.25. The number of phenolic OH excluding ortho intramolecular Hbond substituents is 1. The molecular formula is C41H40BFN2O5. The number of imide groups is 1. The molecule has 3 N–H and O–H groups in total. The van der Waals surface area contributed by atoms with E-state index in [0.717, 1.165) is 33.7 Å². The lowest BCUT2D eigenvalue weighted by Gasteiger charge is -2.44. The number of hydrogen-bond donors (Lipinski definition) is 3. The Labute approximate surface area is 292 Å². The van der Waals surface area contributed by atoms with Gasteiger partial charge in [0, 0.05) is 11.4 Å². The molecule has 3 aliphatic rings. The third-order valence-electron chi connectivity index (χ3n) is 10.3. The van der Waals surface area contributed by atoms with Crippen molar-refractivity contribution in [1.29, 1.82) is 0 Å². The van der Waals surface area contributed by atoms with Gasteiger partial charge in [-0.1, -0.05) is 80.1 Å². The highest BCUT2D eigenvalue weighted by molar-refractivity contribution is 6.43. The zero-order chi connectivity index (χ0) is 34.9. The molecule has 0 radical (unpaired) electrons. The summed E-state index contributed by atoms with van der Waals surface area (Å²) in [4.78, 5) is 29.6. The van der Waals surface area contributed by atoms with E-state index in [2.05, 4.69) is 19.2 Å². The molecule has 0 spiro atoms. The molecule has 2 amide bonds. The molecule has 2 aliphatic heterocycles. The molecule has 0 unspecified atom stereocenters. The summed E-state index contributed by atoms with van der Waals surface area (Å²) in [5, 5.41) is 24.1. The molecule has 9 heteroatoms. The number of carbonyl (C=O) groups is 2. The van der Waals surface area contributed by atoms with Crippen LogP contribution in [0.2, 0.25) is 6.32 Å². The van der Waals surface area contributed by atoms with Crippen LogP contribution in [-0.2, 0) is 14.2 Å². The third-order valence-corrected chi connectivity index (χ3v) is 10.3. The van der Waals surface area contributed by atoms with Crippen molar-refractivity contribution in [3.63, 3.8) is 0 Å². The number of hydrogen-bond acceptors (Lipinski definition) is 6. The first-order chi connectivity index (χ1) is 24.2. The number of carbonyl (C=O) groups excluding carboxylic acids is 2. The Morgan fingerprint density at radius 1 is 0.940 bits per heavy atom. The van der Waals surface area contributed by atoms with Crippen LogP contribution in [0.1, 0.15) is 44.2 Å². The average Bonchev–Trinajstić information content (AvgIpc) is 3.37. The van der Waals surface area contributed by atoms with Gasteiger partial charge in [-0.3, -0.25) is 14.5 Å². The maximum atomic E-state index is 14.3. The highest BCUT2D eigenvalue weighted by Crippen LogP contribution is 2.52. The second-order valence-corrected chi connectivity index (χ2v) is 13.7. The zero-order valence-electron chi connectivity index (χ0n) is 28.1. The summed E-state index contributed by atoms with van der Waals surface area (Å²) in [6.45, 7) is 4.21. The van der Waals surface area contributed by atoms with Gasteiger partial charge in [0.1, 0.15) is 0 Å². The van der Waals surface area contributed by atoms with Crippen LogP contribution >= 0.6 is 0 Å². The Hall–Kier alpha value is -4.99. The Morgan fingerprint density at radius 3 is 2.30 bits per heavy atom. The first-order valence-electron chi connectivity index (χ1n) is 17.3. The van der Waals surface area contributed by atoms with Gasteiger partial charge >= 0.3 is 7.12 Å². The van der Waals surface area contributed by atoms with Gasteiger partial charge in [-0.05, 0) is 108 Å². The van der Waals surface area contributed by atoms with Crippen molar-refractivity contribution >= 4 is 47.6 Å². The average molecular weight is 671 g/mol. The fourth-order valence-electron chi connectivity index (χ4n) is 7.94. The lowest BCUT2D eigenvalue weighted by atomic mass is 9.57. The normalized spacial score (nSPS) is 22.2. The lowest BCUT2D eigenvalue weighted by Crippen LogP contribution is -2.46. The fraction of sp³-hybridized carbons (Fsp3) is 0.268. The van der Waals surface area contributed by atoms with Crippen LogP contribution in [0, 0.1) is 29.5 Å². The molecule has 4 atom stereocenters. The van der Waals surface area contributed by atoms with Crippen molar-refractivity contribution in [2.45, 2.75) is 45.5 Å². The summed E-state index contributed by atoms with van der Waals surface area (Å²) in [5.41, 5.74) is 6.98. The van der Waals surface area contributed by atoms with E-state index < -0.39 is 36.6 Å². The number of allylic oxidation sites excluding steroid dienone is 2. The van der Waals surface area contributed by atoms with Crippen molar-refractivity contribution in [3.05, 3.63) is 131 Å². The minimum atomic E-state index is -1.09. The highest BCUT2D eigenvalue weighted by atomic mass is 19.1. The Kier molecular flexibility index (Phi) is 9.45. The Balaban J connectivity index is 1.16. The summed E-state index contributed by atoms with van der Waals surface area (Å²) in [6, 6.07) is 31.2. The van der Waals surface area contributed by atoms with E-state index in [1.165, 1.54) is 17.0 Å². The largest absolute Gasteiger partial charge is 0.505 e. The summed E-state index contributed by atoms with van der Waals surface area (Å²) in [6.07, 6.45) is 3.20. The van der Waals surface area contributed by atoms with Gasteiger partial charge in [-0.2, -0.15) is 0 Å². The van der Waals surface area contributed by atoms with E-state index in [0.29, 0.717) is 30.5 Å². The first kappa shape index (κ1) is 33.5. The van der Waals surface area contributed by atoms with Gasteiger partial charge in [0.15, 0.2) is 11.6 Å². The van der Waals surface area contributed by atoms with E-state index >= 15 is 0 Å². The van der Waals surface area contributed by atoms with Gasteiger partial charge in [0.05, 0.1) is 23.6 Å². The molecule has 254 valence electrons. The van der Waals surface area contributed by atoms with Crippen molar-refractivity contribution in [3.8, 4) is 5.75 Å². The van der Waals surface area contributed by atoms with E-state index in [4.69, 9.17) is 4.65 Å². The summed E-state index contributed by atoms with van der Waals surface area (Å²) < 4.78 is 20.5. The third kappa shape index (κ3) is 6.63. The number of benzene rings is 4. The van der Waals surface area contributed by atoms with Crippen LogP contribution in [0.4, 0.5) is 21.5 Å². The molecule has 7 rings (SSSR count). The molecule has 0 saturated carbocycles. The standard InChI is InChI=1S/C41H40BFN2O5/c1-25(2)32-23-33-39(41(48)45(40(33)47)31-17-15-30(16-18-31)44-29-11-7-4-8-12-29)34-24-42(49)50-37(38(32)34)20-14-28(27-9-5-3-6-10-27)21-26-13-19-36(46)35(43)22-26/h3-13,15-19,21-22,25,33-34,37,39,44,46,49H,14,20,23-24H2,1-2H3/b28-21-/t33-,34+,37-,39-/m1/s1. The number of nitrogens with one attached hydrogen (secondary N) is 1. The van der Waals surface area contributed by atoms with Crippen LogP contribution in [-0.4, -0.2) is 35.2 Å². The quantitative estimate of drug-likeness (QED) is 0.0718. The minimum Gasteiger partial charge on any atom is -0.505 e. The number of anilines is 3. The van der Waals surface area contributed by atoms with Gasteiger partial charge in [0.25, 0.3) is 0 Å². The van der Waals surface area contributed by atoms with Crippen LogP contribution in [0.5, 0.6) is 5.75 Å². The molecule has 2 heterocycles. The topological polar surface area (TPSA) is 99.1 Å². The number of para-hydroxylation sites is 1. The molecule has 1 aliphatic carbocycles. The number of aromatic hydroxyl groups is 1. The van der Waals surface area contributed by atoms with Crippen LogP contribution in [0.25, 0.3) is 11.6 Å². The molecule has 0 bridgehead atoms. The number of nitrogens with zero attached hydrogens (tertiary/aromatic N) is 1. The monoisotopic (exact) mass is 670 g/mol. The molecular weight excluding hydrogens is 630 g/mol. The zero-order valence-corrected chi connectivity index (χ0v) is 28.1. The maximum absolute atomic E-state index is 14.3. The number of rotatable bonds is 9. The van der Waals surface area contributed by atoms with Gasteiger partial charge in [-0.15, -0.1) is 0 Å². The van der Waals surface area contributed by atoms with E-state index in [1.54, 1.807) is 18.2 Å². The van der Waals surface area contributed by atoms with Crippen LogP contribution in [0.3, 0.4) is 0 Å².